The summed E-state index contributed by atoms with van der Waals surface area (Å²) in [6, 6.07) is 3.25. The summed E-state index contributed by atoms with van der Waals surface area (Å²) in [6.45, 7) is 8.93. The third-order valence-corrected chi connectivity index (χ3v) is 3.59. The highest BCUT2D eigenvalue weighted by molar-refractivity contribution is 5.00. The van der Waals surface area contributed by atoms with E-state index in [-0.39, 0.29) is 0 Å². The van der Waals surface area contributed by atoms with Crippen molar-refractivity contribution < 1.29 is 0 Å². The Bertz CT molecular complexity index is 317. The Kier molecular flexibility index (Phi) is 5.69. The average Bonchev–Trinajstić information content (AvgIpc) is 2.77. The maximum absolute atomic E-state index is 4.64. The lowest BCUT2D eigenvalue weighted by atomic mass is 9.99. The highest BCUT2D eigenvalue weighted by atomic mass is 15.3. The molecule has 0 bridgehead atoms. The van der Waals surface area contributed by atoms with E-state index in [0.29, 0.717) is 18.0 Å². The minimum atomic E-state index is 0.508. The average molecular weight is 237 g/mol. The van der Waals surface area contributed by atoms with Gasteiger partial charge in [-0.3, -0.25) is 4.68 Å². The van der Waals surface area contributed by atoms with Gasteiger partial charge in [0.15, 0.2) is 0 Å². The summed E-state index contributed by atoms with van der Waals surface area (Å²) < 4.78 is 2.08. The van der Waals surface area contributed by atoms with Gasteiger partial charge in [0.05, 0.1) is 5.69 Å². The zero-order valence-corrected chi connectivity index (χ0v) is 11.9. The van der Waals surface area contributed by atoms with E-state index >= 15 is 0 Å². The molecule has 1 heterocycles. The molecule has 1 aromatic heterocycles. The zero-order chi connectivity index (χ0) is 12.8. The monoisotopic (exact) mass is 237 g/mol. The molecular formula is C14H27N3. The maximum atomic E-state index is 4.64. The van der Waals surface area contributed by atoms with Gasteiger partial charge in [-0.25, -0.2) is 0 Å². The van der Waals surface area contributed by atoms with Gasteiger partial charge in [-0.1, -0.05) is 20.8 Å². The van der Waals surface area contributed by atoms with Crippen LogP contribution in [0.3, 0.4) is 0 Å². The molecule has 1 N–H and O–H groups in total. The van der Waals surface area contributed by atoms with Crippen LogP contribution in [0, 0.1) is 5.92 Å². The van der Waals surface area contributed by atoms with E-state index < -0.39 is 0 Å². The van der Waals surface area contributed by atoms with Crippen LogP contribution in [-0.4, -0.2) is 22.9 Å². The molecule has 1 rings (SSSR count). The predicted octanol–water partition coefficient (Wildman–Crippen LogP) is 3.03. The fraction of sp³-hybridized carbons (Fsp3) is 0.786. The number of nitrogens with zero attached hydrogens (tertiary/aromatic N) is 2. The van der Waals surface area contributed by atoms with Crippen molar-refractivity contribution in [1.29, 1.82) is 0 Å². The molecule has 0 saturated carbocycles. The van der Waals surface area contributed by atoms with Crippen molar-refractivity contribution in [2.24, 2.45) is 5.92 Å². The molecule has 0 aliphatic rings. The molecule has 2 atom stereocenters. The smallest absolute Gasteiger partial charge is 0.0625 e. The van der Waals surface area contributed by atoms with Crippen LogP contribution in [0.2, 0.25) is 0 Å². The molecule has 0 fully saturated rings. The SMILES string of the molecule is CCC(C)n1ccc(CCC(NC)C(C)C)n1. The molecule has 0 spiro atoms. The molecule has 98 valence electrons. The molecule has 1 aromatic rings. The Morgan fingerprint density at radius 1 is 1.35 bits per heavy atom. The normalized spacial score (nSPS) is 15.2. The Balaban J connectivity index is 2.49. The molecule has 17 heavy (non-hydrogen) atoms. The second-order valence-electron chi connectivity index (χ2n) is 5.22. The second kappa shape index (κ2) is 6.80. The van der Waals surface area contributed by atoms with Crippen LogP contribution in [0.5, 0.6) is 0 Å². The maximum Gasteiger partial charge on any atom is 0.0625 e. The summed E-state index contributed by atoms with van der Waals surface area (Å²) >= 11 is 0. The van der Waals surface area contributed by atoms with Gasteiger partial charge in [-0.2, -0.15) is 5.10 Å². The number of nitrogens with one attached hydrogen (secondary N) is 1. The van der Waals surface area contributed by atoms with Gasteiger partial charge in [0.2, 0.25) is 0 Å². The lowest BCUT2D eigenvalue weighted by molar-refractivity contribution is 0.399. The van der Waals surface area contributed by atoms with Gasteiger partial charge in [-0.05, 0) is 45.2 Å². The van der Waals surface area contributed by atoms with Crippen molar-refractivity contribution in [3.8, 4) is 0 Å². The van der Waals surface area contributed by atoms with Crippen LogP contribution >= 0.6 is 0 Å². The van der Waals surface area contributed by atoms with E-state index in [0.717, 1.165) is 19.3 Å². The standard InChI is InChI=1S/C14H27N3/c1-6-12(4)17-10-9-13(16-17)7-8-14(15-5)11(2)3/h9-12,14-15H,6-8H2,1-5H3. The Labute approximate surface area is 106 Å². The fourth-order valence-electron chi connectivity index (χ4n) is 2.06. The van der Waals surface area contributed by atoms with Gasteiger partial charge < -0.3 is 5.32 Å². The number of aromatic nitrogens is 2. The highest BCUT2D eigenvalue weighted by Gasteiger charge is 2.12. The van der Waals surface area contributed by atoms with Crippen LogP contribution in [0.1, 0.15) is 52.3 Å². The van der Waals surface area contributed by atoms with Crippen LogP contribution in [0.15, 0.2) is 12.3 Å². The van der Waals surface area contributed by atoms with E-state index in [1.54, 1.807) is 0 Å². The quantitative estimate of drug-likeness (QED) is 0.790. The summed E-state index contributed by atoms with van der Waals surface area (Å²) in [5.74, 6) is 0.677. The van der Waals surface area contributed by atoms with Crippen molar-refractivity contribution >= 4 is 0 Å². The third-order valence-electron chi connectivity index (χ3n) is 3.59. The highest BCUT2D eigenvalue weighted by Crippen LogP contribution is 2.12. The number of rotatable bonds is 7. The van der Waals surface area contributed by atoms with E-state index in [4.69, 9.17) is 0 Å². The van der Waals surface area contributed by atoms with Crippen molar-refractivity contribution in [1.82, 2.24) is 15.1 Å². The first-order valence-electron chi connectivity index (χ1n) is 6.79. The van der Waals surface area contributed by atoms with Crippen LogP contribution in [0.4, 0.5) is 0 Å². The summed E-state index contributed by atoms with van der Waals surface area (Å²) in [6.07, 6.45) is 5.46. The fourth-order valence-corrected chi connectivity index (χ4v) is 2.06. The molecule has 0 aromatic carbocycles. The third kappa shape index (κ3) is 4.15. The molecule has 3 nitrogen and oxygen atoms in total. The van der Waals surface area contributed by atoms with Crippen molar-refractivity contribution in [3.05, 3.63) is 18.0 Å². The molecule has 3 heteroatoms. The van der Waals surface area contributed by atoms with Gasteiger partial charge in [-0.15, -0.1) is 0 Å². The summed E-state index contributed by atoms with van der Waals surface area (Å²) in [5.41, 5.74) is 1.21. The van der Waals surface area contributed by atoms with Crippen LogP contribution in [0.25, 0.3) is 0 Å². The van der Waals surface area contributed by atoms with E-state index in [2.05, 4.69) is 55.1 Å². The zero-order valence-electron chi connectivity index (χ0n) is 11.9. The first kappa shape index (κ1) is 14.2. The molecule has 0 radical (unpaired) electrons. The summed E-state index contributed by atoms with van der Waals surface area (Å²) in [4.78, 5) is 0. The van der Waals surface area contributed by atoms with Gasteiger partial charge in [0.1, 0.15) is 0 Å². The van der Waals surface area contributed by atoms with E-state index in [9.17, 15) is 0 Å². The van der Waals surface area contributed by atoms with Crippen molar-refractivity contribution in [3.63, 3.8) is 0 Å². The molecular weight excluding hydrogens is 210 g/mol. The summed E-state index contributed by atoms with van der Waals surface area (Å²) in [5, 5.41) is 8.01. The largest absolute Gasteiger partial charge is 0.317 e. The summed E-state index contributed by atoms with van der Waals surface area (Å²) in [7, 11) is 2.04. The topological polar surface area (TPSA) is 29.9 Å². The first-order valence-corrected chi connectivity index (χ1v) is 6.79. The molecule has 2 unspecified atom stereocenters. The molecule has 0 aliphatic heterocycles. The molecule has 0 saturated heterocycles. The minimum Gasteiger partial charge on any atom is -0.317 e. The Morgan fingerprint density at radius 2 is 2.06 bits per heavy atom. The first-order chi connectivity index (χ1) is 8.08. The van der Waals surface area contributed by atoms with E-state index in [1.165, 1.54) is 5.69 Å². The number of aryl methyl sites for hydroxylation is 1. The van der Waals surface area contributed by atoms with Gasteiger partial charge in [0, 0.05) is 18.3 Å². The number of hydrogen-bond acceptors (Lipinski definition) is 2. The van der Waals surface area contributed by atoms with Gasteiger partial charge in [0.25, 0.3) is 0 Å². The molecule has 0 aliphatic carbocycles. The molecule has 0 amide bonds. The lowest BCUT2D eigenvalue weighted by Gasteiger charge is -2.19. The van der Waals surface area contributed by atoms with E-state index in [1.807, 2.05) is 7.05 Å². The minimum absolute atomic E-state index is 0.508. The predicted molar refractivity (Wildman–Crippen MR) is 73.2 cm³/mol. The van der Waals surface area contributed by atoms with Crippen molar-refractivity contribution in [2.45, 2.75) is 59.0 Å². The van der Waals surface area contributed by atoms with Gasteiger partial charge >= 0.3 is 0 Å². The van der Waals surface area contributed by atoms with Crippen molar-refractivity contribution in [2.75, 3.05) is 7.05 Å². The Morgan fingerprint density at radius 3 is 2.59 bits per heavy atom. The van der Waals surface area contributed by atoms with Crippen LogP contribution in [-0.2, 0) is 6.42 Å². The number of hydrogen-bond donors (Lipinski definition) is 1. The lowest BCUT2D eigenvalue weighted by Crippen LogP contribution is -2.31. The Hall–Kier alpha value is -0.830. The second-order valence-corrected chi connectivity index (χ2v) is 5.22. The van der Waals surface area contributed by atoms with Crippen LogP contribution < -0.4 is 5.32 Å².